The number of nitrogens with zero attached hydrogens (tertiary/aromatic N) is 4. The lowest BCUT2D eigenvalue weighted by atomic mass is 10.0. The lowest BCUT2D eigenvalue weighted by molar-refractivity contribution is 0.479. The van der Waals surface area contributed by atoms with Crippen molar-refractivity contribution in [1.82, 2.24) is 20.1 Å². The number of nitriles is 1. The van der Waals surface area contributed by atoms with E-state index in [1.54, 1.807) is 11.8 Å². The summed E-state index contributed by atoms with van der Waals surface area (Å²) in [5.41, 5.74) is -0.450. The third-order valence-electron chi connectivity index (χ3n) is 3.71. The van der Waals surface area contributed by atoms with Gasteiger partial charge in [-0.05, 0) is 33.2 Å². The molecule has 104 valence electrons. The highest BCUT2D eigenvalue weighted by Crippen LogP contribution is 2.23. The number of nitrogens with one attached hydrogen (secondary N) is 1. The molecule has 2 heterocycles. The van der Waals surface area contributed by atoms with Gasteiger partial charge in [0.05, 0.1) is 6.07 Å². The third-order valence-corrected chi connectivity index (χ3v) is 4.68. The minimum atomic E-state index is -0.450. The molecule has 0 saturated heterocycles. The number of thioether (sulfide) groups is 1. The molecule has 0 fully saturated rings. The van der Waals surface area contributed by atoms with Crippen molar-refractivity contribution in [2.24, 2.45) is 0 Å². The summed E-state index contributed by atoms with van der Waals surface area (Å²) in [7, 11) is 1.83. The van der Waals surface area contributed by atoms with Gasteiger partial charge in [0.1, 0.15) is 11.4 Å². The molecule has 0 bridgehead atoms. The highest BCUT2D eigenvalue weighted by Gasteiger charge is 2.21. The summed E-state index contributed by atoms with van der Waals surface area (Å²) in [5.74, 6) is 2.00. The second-order valence-electron chi connectivity index (χ2n) is 5.15. The molecule has 0 aromatic carbocycles. The maximum absolute atomic E-state index is 9.12. The summed E-state index contributed by atoms with van der Waals surface area (Å²) >= 11 is 1.71. The summed E-state index contributed by atoms with van der Waals surface area (Å²) in [6.07, 6.45) is 5.55. The van der Waals surface area contributed by atoms with Crippen molar-refractivity contribution >= 4 is 11.8 Å². The molecular formula is C13H21N5S. The van der Waals surface area contributed by atoms with E-state index in [9.17, 15) is 0 Å². The maximum Gasteiger partial charge on any atom is 0.191 e. The zero-order valence-electron chi connectivity index (χ0n) is 11.6. The van der Waals surface area contributed by atoms with E-state index in [-0.39, 0.29) is 0 Å². The summed E-state index contributed by atoms with van der Waals surface area (Å²) in [6.45, 7) is 2.96. The molecule has 1 aliphatic heterocycles. The Balaban J connectivity index is 1.94. The fraction of sp³-hybridized carbons (Fsp3) is 0.769. The van der Waals surface area contributed by atoms with Crippen LogP contribution in [0.2, 0.25) is 0 Å². The van der Waals surface area contributed by atoms with Gasteiger partial charge in [0.2, 0.25) is 0 Å². The first kappa shape index (κ1) is 14.4. The Morgan fingerprint density at radius 3 is 3.00 bits per heavy atom. The number of rotatable bonds is 5. The normalized spacial score (nSPS) is 18.2. The van der Waals surface area contributed by atoms with Crippen molar-refractivity contribution in [3.05, 3.63) is 5.82 Å². The SMILES string of the molecule is CNC(C)(C#N)CCSc1nnc2n1CCCCC2. The Labute approximate surface area is 118 Å². The van der Waals surface area contributed by atoms with Gasteiger partial charge < -0.3 is 9.88 Å². The van der Waals surface area contributed by atoms with Crippen LogP contribution in [0.5, 0.6) is 0 Å². The van der Waals surface area contributed by atoms with Crippen LogP contribution in [0.3, 0.4) is 0 Å². The van der Waals surface area contributed by atoms with Gasteiger partial charge in [-0.25, -0.2) is 0 Å². The predicted octanol–water partition coefficient (Wildman–Crippen LogP) is 1.99. The van der Waals surface area contributed by atoms with Crippen LogP contribution < -0.4 is 5.32 Å². The fourth-order valence-corrected chi connectivity index (χ4v) is 3.29. The van der Waals surface area contributed by atoms with Crippen LogP contribution in [0, 0.1) is 11.3 Å². The average Bonchev–Trinajstić information content (AvgIpc) is 2.67. The zero-order chi connectivity index (χ0) is 13.7. The summed E-state index contributed by atoms with van der Waals surface area (Å²) in [5, 5.41) is 21.8. The smallest absolute Gasteiger partial charge is 0.191 e. The molecule has 1 N–H and O–H groups in total. The minimum Gasteiger partial charge on any atom is -0.306 e. The molecule has 1 atom stereocenters. The van der Waals surface area contributed by atoms with Crippen LogP contribution >= 0.6 is 11.8 Å². The van der Waals surface area contributed by atoms with Crippen molar-refractivity contribution in [1.29, 1.82) is 5.26 Å². The third kappa shape index (κ3) is 3.48. The van der Waals surface area contributed by atoms with E-state index in [0.29, 0.717) is 0 Å². The van der Waals surface area contributed by atoms with Gasteiger partial charge in [-0.3, -0.25) is 0 Å². The standard InChI is InChI=1S/C13H21N5S/c1-13(10-14,15-2)7-9-19-12-17-16-11-6-4-3-5-8-18(11)12/h15H,3-9H2,1-2H3. The highest BCUT2D eigenvalue weighted by molar-refractivity contribution is 7.99. The Morgan fingerprint density at radius 2 is 2.26 bits per heavy atom. The van der Waals surface area contributed by atoms with E-state index < -0.39 is 5.54 Å². The number of hydrogen-bond acceptors (Lipinski definition) is 5. The highest BCUT2D eigenvalue weighted by atomic mass is 32.2. The van der Waals surface area contributed by atoms with E-state index in [1.165, 1.54) is 19.3 Å². The Morgan fingerprint density at radius 1 is 1.42 bits per heavy atom. The molecule has 5 nitrogen and oxygen atoms in total. The van der Waals surface area contributed by atoms with Gasteiger partial charge in [-0.1, -0.05) is 18.2 Å². The van der Waals surface area contributed by atoms with Crippen LogP contribution in [0.4, 0.5) is 0 Å². The quantitative estimate of drug-likeness (QED) is 0.835. The number of fused-ring (bicyclic) bond motifs is 1. The van der Waals surface area contributed by atoms with Crippen LogP contribution in [0.25, 0.3) is 0 Å². The lowest BCUT2D eigenvalue weighted by Gasteiger charge is -2.19. The zero-order valence-corrected chi connectivity index (χ0v) is 12.5. The van der Waals surface area contributed by atoms with E-state index in [0.717, 1.165) is 36.1 Å². The van der Waals surface area contributed by atoms with Gasteiger partial charge >= 0.3 is 0 Å². The van der Waals surface area contributed by atoms with Crippen LogP contribution in [-0.4, -0.2) is 33.1 Å². The van der Waals surface area contributed by atoms with Gasteiger partial charge in [-0.15, -0.1) is 10.2 Å². The minimum absolute atomic E-state index is 0.450. The maximum atomic E-state index is 9.12. The largest absolute Gasteiger partial charge is 0.306 e. The molecule has 0 spiro atoms. The van der Waals surface area contributed by atoms with Gasteiger partial charge in [0, 0.05) is 18.7 Å². The summed E-state index contributed by atoms with van der Waals surface area (Å²) in [6, 6.07) is 2.31. The van der Waals surface area contributed by atoms with Gasteiger partial charge in [0.25, 0.3) is 0 Å². The number of aromatic nitrogens is 3. The van der Waals surface area contributed by atoms with Crippen molar-refractivity contribution in [3.8, 4) is 6.07 Å². The fourth-order valence-electron chi connectivity index (χ4n) is 2.15. The second-order valence-corrected chi connectivity index (χ2v) is 6.22. The van der Waals surface area contributed by atoms with E-state index in [1.807, 2.05) is 14.0 Å². The number of aryl methyl sites for hydroxylation is 1. The molecule has 1 aromatic heterocycles. The van der Waals surface area contributed by atoms with E-state index in [4.69, 9.17) is 5.26 Å². The van der Waals surface area contributed by atoms with Crippen molar-refractivity contribution in [2.45, 2.75) is 56.3 Å². The number of hydrogen-bond donors (Lipinski definition) is 1. The Bertz CT molecular complexity index is 464. The molecule has 1 unspecified atom stereocenters. The molecule has 19 heavy (non-hydrogen) atoms. The molecule has 6 heteroatoms. The van der Waals surface area contributed by atoms with Gasteiger partial charge in [-0.2, -0.15) is 5.26 Å². The monoisotopic (exact) mass is 279 g/mol. The Hall–Kier alpha value is -1.06. The van der Waals surface area contributed by atoms with Crippen molar-refractivity contribution < 1.29 is 0 Å². The predicted molar refractivity (Wildman–Crippen MR) is 76.0 cm³/mol. The average molecular weight is 279 g/mol. The molecule has 2 rings (SSSR count). The van der Waals surface area contributed by atoms with Crippen LogP contribution in [0.15, 0.2) is 5.16 Å². The van der Waals surface area contributed by atoms with Crippen molar-refractivity contribution in [2.75, 3.05) is 12.8 Å². The van der Waals surface area contributed by atoms with Crippen molar-refractivity contribution in [3.63, 3.8) is 0 Å². The molecule has 0 saturated carbocycles. The van der Waals surface area contributed by atoms with Crippen LogP contribution in [-0.2, 0) is 13.0 Å². The second kappa shape index (κ2) is 6.40. The first-order valence-electron chi connectivity index (χ1n) is 6.83. The molecular weight excluding hydrogens is 258 g/mol. The summed E-state index contributed by atoms with van der Waals surface area (Å²) < 4.78 is 2.25. The van der Waals surface area contributed by atoms with E-state index >= 15 is 0 Å². The first-order chi connectivity index (χ1) is 9.18. The van der Waals surface area contributed by atoms with Crippen LogP contribution in [0.1, 0.15) is 38.4 Å². The summed E-state index contributed by atoms with van der Waals surface area (Å²) in [4.78, 5) is 0. The van der Waals surface area contributed by atoms with Gasteiger partial charge in [0.15, 0.2) is 5.16 Å². The molecule has 0 aliphatic carbocycles. The molecule has 0 amide bonds. The molecule has 1 aromatic rings. The lowest BCUT2D eigenvalue weighted by Crippen LogP contribution is -2.38. The van der Waals surface area contributed by atoms with E-state index in [2.05, 4.69) is 26.2 Å². The molecule has 0 radical (unpaired) electrons. The first-order valence-corrected chi connectivity index (χ1v) is 7.82. The Kier molecular flexibility index (Phi) is 4.83. The topological polar surface area (TPSA) is 66.5 Å². The molecule has 1 aliphatic rings.